The van der Waals surface area contributed by atoms with Crippen LogP contribution in [0, 0.1) is 0 Å². The maximum absolute atomic E-state index is 8.52. The first kappa shape index (κ1) is 1600. The molecule has 0 aliphatic rings. The summed E-state index contributed by atoms with van der Waals surface area (Å²) in [4.78, 5) is 0. The zero-order chi connectivity index (χ0) is 4.50. The van der Waals surface area contributed by atoms with Crippen molar-refractivity contribution in [2.45, 2.75) is 0 Å². The van der Waals surface area contributed by atoms with E-state index in [1.54, 1.807) is 0 Å². The molecule has 0 amide bonds. The van der Waals surface area contributed by atoms with E-state index in [0.717, 1.165) is 0 Å². The minimum atomic E-state index is -5.17. The molecule has 0 radical (unpaired) electrons. The van der Waals surface area contributed by atoms with Crippen molar-refractivity contribution in [3.63, 3.8) is 0 Å². The fourth-order valence-corrected chi connectivity index (χ4v) is 0. The summed E-state index contributed by atoms with van der Waals surface area (Å²) >= 11 is 0. The minimum absolute atomic E-state index is 0. The van der Waals surface area contributed by atoms with Gasteiger partial charge < -0.3 is 135 Å². The van der Waals surface area contributed by atoms with Gasteiger partial charge in [0.05, 0.1) is 0 Å². The van der Waals surface area contributed by atoms with Gasteiger partial charge in [0.25, 0.3) is 0 Å². The van der Waals surface area contributed by atoms with Crippen molar-refractivity contribution in [1.82, 2.24) is 0 Å². The molecule has 0 aliphatic heterocycles. The van der Waals surface area contributed by atoms with Crippen molar-refractivity contribution in [2.24, 2.45) is 0 Å². The molecule has 0 bridgehead atoms. The van der Waals surface area contributed by atoms with Crippen LogP contribution in [-0.4, -0.2) is 167 Å². The first-order chi connectivity index (χ1) is 2.00. The minimum Gasteiger partial charge on any atom is -0.759 e. The van der Waals surface area contributed by atoms with Crippen molar-refractivity contribution in [3.8, 4) is 0 Å². The van der Waals surface area contributed by atoms with E-state index < -0.39 is 10.4 Å². The van der Waals surface area contributed by atoms with Gasteiger partial charge in [-0.25, -0.2) is 0 Å². The topological polar surface area (TPSA) is 805 Å². The van der Waals surface area contributed by atoms with E-state index in [-0.39, 0.29) is 149 Å². The molecule has 29 heteroatoms. The molecule has 216 valence electrons. The molecule has 0 aromatic rings. The molecule has 0 heterocycles. The molecule has 0 saturated carbocycles. The summed E-state index contributed by atoms with van der Waals surface area (Å²) < 4.78 is 34.1. The second-order valence-electron chi connectivity index (χ2n) is 0.408. The van der Waals surface area contributed by atoms with Gasteiger partial charge in [0, 0.05) is 10.4 Å². The Labute approximate surface area is 177 Å². The monoisotopic (exact) mass is 534 g/mol. The fourth-order valence-electron chi connectivity index (χ4n) is 0. The van der Waals surface area contributed by atoms with E-state index in [1.807, 2.05) is 0 Å². The van der Waals surface area contributed by atoms with Crippen LogP contribution < -0.4 is 0 Å². The summed E-state index contributed by atoms with van der Waals surface area (Å²) in [7, 11) is -5.17. The van der Waals surface area contributed by atoms with E-state index in [1.165, 1.54) is 0 Å². The van der Waals surface area contributed by atoms with Crippen LogP contribution in [0.25, 0.3) is 0 Å². The second kappa shape index (κ2) is 605. The third-order valence-electron chi connectivity index (χ3n) is 0. The Hall–Kier alpha value is -0.284. The number of rotatable bonds is 0. The quantitative estimate of drug-likeness (QED) is 0.166. The third-order valence-corrected chi connectivity index (χ3v) is 0. The van der Waals surface area contributed by atoms with E-state index in [9.17, 15) is 0 Å². The van der Waals surface area contributed by atoms with E-state index in [4.69, 9.17) is 17.5 Å². The third kappa shape index (κ3) is 228000. The molecular formula is H46MgO27S. The normalized spacial score (nSPS) is 2.00. The van der Waals surface area contributed by atoms with Gasteiger partial charge in [-0.3, -0.25) is 8.42 Å². The zero-order valence-electron chi connectivity index (χ0n) is 14.2. The first-order valence-corrected chi connectivity index (χ1v) is 2.00. The van der Waals surface area contributed by atoms with Crippen molar-refractivity contribution in [1.29, 1.82) is 0 Å². The summed E-state index contributed by atoms with van der Waals surface area (Å²) in [5, 5.41) is 0. The average Bonchev–Trinajstić information content (AvgIpc) is 0.722. The summed E-state index contributed by atoms with van der Waals surface area (Å²) in [6, 6.07) is 0. The molecule has 0 fully saturated rings. The van der Waals surface area contributed by atoms with Gasteiger partial charge in [-0.05, 0) is 0 Å². The molecule has 0 spiro atoms. The summed E-state index contributed by atoms with van der Waals surface area (Å²) in [6.07, 6.45) is 0. The fraction of sp³-hybridized carbons (Fsp3) is 0. The number of hydrogen-bond donors (Lipinski definition) is 0. The van der Waals surface area contributed by atoms with Crippen molar-refractivity contribution >= 4 is 33.5 Å². The Morgan fingerprint density at radius 2 is 0.276 bits per heavy atom. The van der Waals surface area contributed by atoms with E-state index in [2.05, 4.69) is 0 Å². The SMILES string of the molecule is O.O.O.O.O.O.O.O.O.O.O.O.O.O.O.O.O.O.O.O.O.O.O.O=S(=O)([O-])[O-].[Mg+2]. The van der Waals surface area contributed by atoms with E-state index >= 15 is 0 Å². The van der Waals surface area contributed by atoms with Crippen LogP contribution in [0.1, 0.15) is 0 Å². The molecule has 0 unspecified atom stereocenters. The van der Waals surface area contributed by atoms with Crippen LogP contribution in [0.4, 0.5) is 0 Å². The Morgan fingerprint density at radius 3 is 0.276 bits per heavy atom. The predicted octanol–water partition coefficient (Wildman–Crippen LogP) is -20.7. The second-order valence-corrected chi connectivity index (χ2v) is 1.22. The molecule has 46 N–H and O–H groups in total. The molecular weight excluding hydrogens is 488 g/mol. The average molecular weight is 535 g/mol. The van der Waals surface area contributed by atoms with Crippen LogP contribution in [0.15, 0.2) is 0 Å². The molecule has 0 aliphatic carbocycles. The predicted molar refractivity (Wildman–Crippen MR) is 99.3 cm³/mol. The van der Waals surface area contributed by atoms with Gasteiger partial charge in [0.1, 0.15) is 0 Å². The van der Waals surface area contributed by atoms with Crippen LogP contribution in [0.2, 0.25) is 0 Å². The number of hydrogen-bond acceptors (Lipinski definition) is 4. The van der Waals surface area contributed by atoms with Crippen LogP contribution in [0.5, 0.6) is 0 Å². The van der Waals surface area contributed by atoms with Gasteiger partial charge in [-0.2, -0.15) is 0 Å². The molecule has 0 aromatic carbocycles. The molecule has 0 aromatic heterocycles. The van der Waals surface area contributed by atoms with Crippen LogP contribution in [0.3, 0.4) is 0 Å². The molecule has 0 atom stereocenters. The largest absolute Gasteiger partial charge is 2.00 e. The molecule has 0 rings (SSSR count). The summed E-state index contributed by atoms with van der Waals surface area (Å²) in [6.45, 7) is 0. The molecule has 0 saturated heterocycles. The Balaban J connectivity index is -0.000000000290. The molecule has 27 nitrogen and oxygen atoms in total. The maximum atomic E-state index is 8.52. The first-order valence-electron chi connectivity index (χ1n) is 0.667. The maximum Gasteiger partial charge on any atom is 2.00 e. The van der Waals surface area contributed by atoms with Crippen molar-refractivity contribution < 1.29 is 143 Å². The van der Waals surface area contributed by atoms with E-state index in [0.29, 0.717) is 0 Å². The van der Waals surface area contributed by atoms with Gasteiger partial charge in [-0.1, -0.05) is 0 Å². The van der Waals surface area contributed by atoms with Crippen molar-refractivity contribution in [3.05, 3.63) is 0 Å². The Morgan fingerprint density at radius 1 is 0.276 bits per heavy atom. The van der Waals surface area contributed by atoms with Gasteiger partial charge in [0.2, 0.25) is 0 Å². The zero-order valence-corrected chi connectivity index (χ0v) is 16.5. The van der Waals surface area contributed by atoms with Crippen molar-refractivity contribution in [2.75, 3.05) is 0 Å². The van der Waals surface area contributed by atoms with Crippen LogP contribution >= 0.6 is 0 Å². The Bertz CT molecular complexity index is 95.7. The summed E-state index contributed by atoms with van der Waals surface area (Å²) in [5.41, 5.74) is 0. The Kier molecular flexibility index (Phi) is 33300. The smallest absolute Gasteiger partial charge is 0.759 e. The van der Waals surface area contributed by atoms with Crippen LogP contribution in [-0.2, 0) is 10.4 Å². The standard InChI is InChI=1S/Mg.H2O4S.23H2O/c;1-5(2,3)4;;;;;;;;;;;;;;;;;;;;;;;/h;(H2,1,2,3,4);23*1H2/q+2;;;;;;;;;;;;;;;;;;;;;;;;/p-2. The van der Waals surface area contributed by atoms with Gasteiger partial charge in [0.15, 0.2) is 0 Å². The van der Waals surface area contributed by atoms with Gasteiger partial charge >= 0.3 is 23.1 Å². The molecule has 29 heavy (non-hydrogen) atoms. The van der Waals surface area contributed by atoms with Gasteiger partial charge in [-0.15, -0.1) is 0 Å². The summed E-state index contributed by atoms with van der Waals surface area (Å²) in [5.74, 6) is 0.